The Labute approximate surface area is 125 Å². The number of rotatable bonds is 5. The molecule has 1 aliphatic carbocycles. The second-order valence-corrected chi connectivity index (χ2v) is 6.93. The molecular formula is C17H34N2O. The lowest BCUT2D eigenvalue weighted by Crippen LogP contribution is -2.56. The van der Waals surface area contributed by atoms with E-state index in [9.17, 15) is 0 Å². The van der Waals surface area contributed by atoms with Crippen LogP contribution < -0.4 is 5.32 Å². The van der Waals surface area contributed by atoms with E-state index in [-0.39, 0.29) is 0 Å². The Morgan fingerprint density at radius 3 is 2.65 bits per heavy atom. The Kier molecular flexibility index (Phi) is 6.31. The van der Waals surface area contributed by atoms with Crippen molar-refractivity contribution in [3.05, 3.63) is 0 Å². The van der Waals surface area contributed by atoms with Gasteiger partial charge >= 0.3 is 0 Å². The van der Waals surface area contributed by atoms with Crippen molar-refractivity contribution in [1.82, 2.24) is 10.2 Å². The van der Waals surface area contributed by atoms with Gasteiger partial charge in [-0.25, -0.2) is 0 Å². The van der Waals surface area contributed by atoms with Gasteiger partial charge in [0.25, 0.3) is 0 Å². The Morgan fingerprint density at radius 2 is 2.00 bits per heavy atom. The van der Waals surface area contributed by atoms with Gasteiger partial charge in [-0.2, -0.15) is 0 Å². The molecule has 1 N–H and O–H groups in total. The second kappa shape index (κ2) is 7.77. The van der Waals surface area contributed by atoms with E-state index < -0.39 is 0 Å². The summed E-state index contributed by atoms with van der Waals surface area (Å²) >= 11 is 0. The molecule has 0 aromatic carbocycles. The van der Waals surface area contributed by atoms with E-state index in [1.807, 2.05) is 0 Å². The average molecular weight is 282 g/mol. The standard InChI is InChI=1S/C17H34N2O/c1-5-14-8-6-7-9-15(14)17(18-4)16-12-19(13(2)3)10-11-20-16/h13-18H,5-12H2,1-4H3. The van der Waals surface area contributed by atoms with E-state index in [1.165, 1.54) is 32.1 Å². The maximum atomic E-state index is 6.15. The first-order valence-electron chi connectivity index (χ1n) is 8.70. The third-order valence-electron chi connectivity index (χ3n) is 5.54. The zero-order valence-electron chi connectivity index (χ0n) is 13.9. The van der Waals surface area contributed by atoms with Gasteiger partial charge in [-0.15, -0.1) is 0 Å². The molecule has 20 heavy (non-hydrogen) atoms. The first-order chi connectivity index (χ1) is 9.67. The number of hydrogen-bond acceptors (Lipinski definition) is 3. The molecule has 0 aromatic heterocycles. The molecule has 4 atom stereocenters. The van der Waals surface area contributed by atoms with Gasteiger partial charge in [0.15, 0.2) is 0 Å². The van der Waals surface area contributed by atoms with Crippen molar-refractivity contribution in [3.63, 3.8) is 0 Å². The third-order valence-corrected chi connectivity index (χ3v) is 5.54. The topological polar surface area (TPSA) is 24.5 Å². The predicted octanol–water partition coefficient (Wildman–Crippen LogP) is 2.90. The molecule has 2 aliphatic rings. The van der Waals surface area contributed by atoms with Crippen molar-refractivity contribution < 1.29 is 4.74 Å². The largest absolute Gasteiger partial charge is 0.374 e. The predicted molar refractivity (Wildman–Crippen MR) is 85.0 cm³/mol. The molecule has 0 aromatic rings. The van der Waals surface area contributed by atoms with Crippen molar-refractivity contribution in [3.8, 4) is 0 Å². The Balaban J connectivity index is 2.02. The highest BCUT2D eigenvalue weighted by Gasteiger charge is 2.37. The van der Waals surface area contributed by atoms with Gasteiger partial charge in [-0.3, -0.25) is 4.90 Å². The van der Waals surface area contributed by atoms with Gasteiger partial charge in [0.1, 0.15) is 0 Å². The van der Waals surface area contributed by atoms with Gasteiger partial charge in [0.2, 0.25) is 0 Å². The molecule has 2 rings (SSSR count). The lowest BCUT2D eigenvalue weighted by Gasteiger charge is -2.44. The molecule has 1 heterocycles. The highest BCUT2D eigenvalue weighted by atomic mass is 16.5. The number of ether oxygens (including phenoxy) is 1. The summed E-state index contributed by atoms with van der Waals surface area (Å²) in [7, 11) is 2.13. The van der Waals surface area contributed by atoms with E-state index in [0.29, 0.717) is 18.2 Å². The van der Waals surface area contributed by atoms with E-state index in [4.69, 9.17) is 4.74 Å². The van der Waals surface area contributed by atoms with Crippen LogP contribution in [0.3, 0.4) is 0 Å². The fourth-order valence-electron chi connectivity index (χ4n) is 4.27. The lowest BCUT2D eigenvalue weighted by atomic mass is 9.72. The van der Waals surface area contributed by atoms with Crippen LogP contribution in [0.25, 0.3) is 0 Å². The molecule has 0 amide bonds. The summed E-state index contributed by atoms with van der Waals surface area (Å²) in [5.41, 5.74) is 0. The van der Waals surface area contributed by atoms with Gasteiger partial charge in [0, 0.05) is 25.2 Å². The van der Waals surface area contributed by atoms with Crippen molar-refractivity contribution >= 4 is 0 Å². The van der Waals surface area contributed by atoms with Crippen molar-refractivity contribution in [2.45, 2.75) is 71.1 Å². The number of nitrogens with zero attached hydrogens (tertiary/aromatic N) is 1. The lowest BCUT2D eigenvalue weighted by molar-refractivity contribution is -0.0714. The van der Waals surface area contributed by atoms with Gasteiger partial charge in [-0.1, -0.05) is 32.6 Å². The monoisotopic (exact) mass is 282 g/mol. The fraction of sp³-hybridized carbons (Fsp3) is 1.00. The molecule has 1 saturated carbocycles. The van der Waals surface area contributed by atoms with E-state index in [2.05, 4.69) is 38.0 Å². The molecule has 3 heteroatoms. The van der Waals surface area contributed by atoms with E-state index in [0.717, 1.165) is 31.5 Å². The molecule has 1 saturated heterocycles. The zero-order valence-corrected chi connectivity index (χ0v) is 13.9. The molecule has 0 spiro atoms. The van der Waals surface area contributed by atoms with Crippen LogP contribution in [-0.4, -0.2) is 49.8 Å². The van der Waals surface area contributed by atoms with Crippen LogP contribution in [0.2, 0.25) is 0 Å². The number of likely N-dealkylation sites (N-methyl/N-ethyl adjacent to an activating group) is 1. The molecule has 118 valence electrons. The molecule has 2 fully saturated rings. The average Bonchev–Trinajstić information content (AvgIpc) is 2.49. The smallest absolute Gasteiger partial charge is 0.0858 e. The van der Waals surface area contributed by atoms with Gasteiger partial charge in [0.05, 0.1) is 12.7 Å². The maximum absolute atomic E-state index is 6.15. The van der Waals surface area contributed by atoms with E-state index in [1.54, 1.807) is 0 Å². The van der Waals surface area contributed by atoms with Crippen LogP contribution in [0.4, 0.5) is 0 Å². The maximum Gasteiger partial charge on any atom is 0.0858 e. The molecule has 1 aliphatic heterocycles. The highest BCUT2D eigenvalue weighted by Crippen LogP contribution is 2.36. The van der Waals surface area contributed by atoms with Crippen LogP contribution in [0.15, 0.2) is 0 Å². The van der Waals surface area contributed by atoms with Crippen LogP contribution >= 0.6 is 0 Å². The van der Waals surface area contributed by atoms with Gasteiger partial charge < -0.3 is 10.1 Å². The summed E-state index contributed by atoms with van der Waals surface area (Å²) < 4.78 is 6.15. The zero-order chi connectivity index (χ0) is 14.5. The Hall–Kier alpha value is -0.120. The summed E-state index contributed by atoms with van der Waals surface area (Å²) in [4.78, 5) is 2.57. The summed E-state index contributed by atoms with van der Waals surface area (Å²) in [6.07, 6.45) is 7.32. The quantitative estimate of drug-likeness (QED) is 0.839. The van der Waals surface area contributed by atoms with Gasteiger partial charge in [-0.05, 0) is 39.2 Å². The van der Waals surface area contributed by atoms with Crippen LogP contribution in [-0.2, 0) is 4.74 Å². The molecule has 0 radical (unpaired) electrons. The van der Waals surface area contributed by atoms with Crippen LogP contribution in [0.5, 0.6) is 0 Å². The molecular weight excluding hydrogens is 248 g/mol. The van der Waals surface area contributed by atoms with E-state index >= 15 is 0 Å². The second-order valence-electron chi connectivity index (χ2n) is 6.93. The summed E-state index contributed by atoms with van der Waals surface area (Å²) in [6, 6.07) is 1.16. The van der Waals surface area contributed by atoms with Crippen molar-refractivity contribution in [2.75, 3.05) is 26.7 Å². The Bertz CT molecular complexity index is 282. The minimum absolute atomic E-state index is 0.369. The van der Waals surface area contributed by atoms with Crippen LogP contribution in [0.1, 0.15) is 52.9 Å². The summed E-state index contributed by atoms with van der Waals surface area (Å²) in [5, 5.41) is 3.61. The summed E-state index contributed by atoms with van der Waals surface area (Å²) in [5.74, 6) is 1.69. The fourth-order valence-corrected chi connectivity index (χ4v) is 4.27. The summed E-state index contributed by atoms with van der Waals surface area (Å²) in [6.45, 7) is 10.0. The first-order valence-corrected chi connectivity index (χ1v) is 8.70. The van der Waals surface area contributed by atoms with Crippen molar-refractivity contribution in [1.29, 1.82) is 0 Å². The molecule has 0 bridgehead atoms. The Morgan fingerprint density at radius 1 is 1.25 bits per heavy atom. The third kappa shape index (κ3) is 3.75. The molecule has 4 unspecified atom stereocenters. The number of hydrogen-bond donors (Lipinski definition) is 1. The first kappa shape index (κ1) is 16.3. The van der Waals surface area contributed by atoms with Crippen molar-refractivity contribution in [2.24, 2.45) is 11.8 Å². The minimum Gasteiger partial charge on any atom is -0.374 e. The highest BCUT2D eigenvalue weighted by molar-refractivity contribution is 4.92. The van der Waals surface area contributed by atoms with Crippen LogP contribution in [0, 0.1) is 11.8 Å². The number of nitrogens with one attached hydrogen (secondary N) is 1. The molecule has 3 nitrogen and oxygen atoms in total. The normalized spacial score (nSPS) is 34.4. The SMILES string of the molecule is CCC1CCCCC1C(NC)C1CN(C(C)C)CCO1. The number of morpholine rings is 1. The minimum atomic E-state index is 0.369.